The summed E-state index contributed by atoms with van der Waals surface area (Å²) >= 11 is 3.13. The third-order valence-corrected chi connectivity index (χ3v) is 9.77. The van der Waals surface area contributed by atoms with Gasteiger partial charge in [-0.05, 0) is 43.2 Å². The lowest BCUT2D eigenvalue weighted by atomic mass is 9.87. The predicted molar refractivity (Wildman–Crippen MR) is 116 cm³/mol. The van der Waals surface area contributed by atoms with Crippen molar-refractivity contribution >= 4 is 38.8 Å². The van der Waals surface area contributed by atoms with Crippen LogP contribution in [0, 0.1) is 5.92 Å². The van der Waals surface area contributed by atoms with E-state index in [-0.39, 0.29) is 29.2 Å². The van der Waals surface area contributed by atoms with Crippen LogP contribution in [0.3, 0.4) is 0 Å². The molecule has 29 heavy (non-hydrogen) atoms. The zero-order valence-electron chi connectivity index (χ0n) is 16.7. The van der Waals surface area contributed by atoms with Gasteiger partial charge in [0.15, 0.2) is 20.8 Å². The molecule has 3 heterocycles. The Bertz CT molecular complexity index is 1010. The van der Waals surface area contributed by atoms with Crippen LogP contribution in [0.2, 0.25) is 0 Å². The van der Waals surface area contributed by atoms with Crippen LogP contribution >= 0.6 is 23.1 Å². The van der Waals surface area contributed by atoms with Gasteiger partial charge in [-0.3, -0.25) is 4.79 Å². The molecule has 1 amide bonds. The first kappa shape index (κ1) is 20.9. The second-order valence-electron chi connectivity index (χ2n) is 7.90. The quantitative estimate of drug-likeness (QED) is 0.674. The minimum atomic E-state index is -3.00. The summed E-state index contributed by atoms with van der Waals surface area (Å²) in [5.74, 6) is 1.84. The summed E-state index contributed by atoms with van der Waals surface area (Å²) in [5.41, 5.74) is 1.45. The second kappa shape index (κ2) is 8.39. The molecule has 2 atom stereocenters. The van der Waals surface area contributed by atoms with Crippen LogP contribution in [-0.4, -0.2) is 52.4 Å². The highest BCUT2D eigenvalue weighted by molar-refractivity contribution is 7.99. The number of fused-ring (bicyclic) bond motifs is 1. The van der Waals surface area contributed by atoms with Crippen molar-refractivity contribution in [3.8, 4) is 10.7 Å². The van der Waals surface area contributed by atoms with Gasteiger partial charge in [-0.15, -0.1) is 21.5 Å². The summed E-state index contributed by atoms with van der Waals surface area (Å²) < 4.78 is 25.0. The molecule has 2 aliphatic rings. The third kappa shape index (κ3) is 4.69. The van der Waals surface area contributed by atoms with Crippen LogP contribution in [0.1, 0.15) is 36.6 Å². The lowest BCUT2D eigenvalue weighted by Gasteiger charge is -2.19. The molecule has 10 heteroatoms. The van der Waals surface area contributed by atoms with Crippen molar-refractivity contribution in [1.29, 1.82) is 0 Å². The summed E-state index contributed by atoms with van der Waals surface area (Å²) in [6.45, 7) is 2.26. The minimum Gasteiger partial charge on any atom is -0.352 e. The zero-order chi connectivity index (χ0) is 20.6. The van der Waals surface area contributed by atoms with E-state index in [0.29, 0.717) is 11.6 Å². The van der Waals surface area contributed by atoms with Gasteiger partial charge in [0.1, 0.15) is 0 Å². The molecule has 0 radical (unpaired) electrons. The molecule has 7 nitrogen and oxygen atoms in total. The number of amides is 1. The normalized spacial score (nSPS) is 23.1. The number of aromatic nitrogens is 3. The molecule has 2 aromatic heterocycles. The number of nitrogens with zero attached hydrogens (tertiary/aromatic N) is 3. The van der Waals surface area contributed by atoms with Crippen LogP contribution in [0.5, 0.6) is 0 Å². The van der Waals surface area contributed by atoms with Gasteiger partial charge in [0.25, 0.3) is 0 Å². The highest BCUT2D eigenvalue weighted by atomic mass is 32.2. The monoisotopic (exact) mass is 454 g/mol. The highest BCUT2D eigenvalue weighted by Crippen LogP contribution is 2.38. The van der Waals surface area contributed by atoms with Crippen LogP contribution in [0.15, 0.2) is 11.2 Å². The molecule has 158 valence electrons. The number of carbonyl (C=O) groups excluding carboxylic acids is 1. The van der Waals surface area contributed by atoms with Gasteiger partial charge >= 0.3 is 0 Å². The fourth-order valence-electron chi connectivity index (χ4n) is 4.02. The first-order valence-electron chi connectivity index (χ1n) is 9.98. The molecule has 2 aromatic rings. The molecule has 0 bridgehead atoms. The molecule has 1 aliphatic heterocycles. The first-order valence-corrected chi connectivity index (χ1v) is 13.6. The molecule has 0 unspecified atom stereocenters. The van der Waals surface area contributed by atoms with Crippen LogP contribution in [-0.2, 0) is 34.5 Å². The van der Waals surface area contributed by atoms with E-state index in [1.807, 2.05) is 11.6 Å². The van der Waals surface area contributed by atoms with Crippen molar-refractivity contribution in [3.63, 3.8) is 0 Å². The molecule has 1 N–H and O–H groups in total. The molecule has 0 aromatic carbocycles. The number of nitrogens with one attached hydrogen (secondary N) is 1. The Labute approximate surface area is 179 Å². The van der Waals surface area contributed by atoms with Crippen LogP contribution in [0.4, 0.5) is 0 Å². The van der Waals surface area contributed by atoms with Gasteiger partial charge < -0.3 is 9.88 Å². The van der Waals surface area contributed by atoms with Gasteiger partial charge in [0, 0.05) is 18.0 Å². The molecule has 1 saturated heterocycles. The number of hydrogen-bond acceptors (Lipinski definition) is 7. The smallest absolute Gasteiger partial charge is 0.230 e. The number of thiophene rings is 1. The van der Waals surface area contributed by atoms with Gasteiger partial charge in [0.05, 0.1) is 22.1 Å². The van der Waals surface area contributed by atoms with E-state index in [4.69, 9.17) is 0 Å². The molecule has 1 fully saturated rings. The van der Waals surface area contributed by atoms with E-state index in [1.54, 1.807) is 11.3 Å². The Hall–Kier alpha value is -1.39. The summed E-state index contributed by atoms with van der Waals surface area (Å²) in [6, 6.07) is 1.99. The fraction of sp³-hybridized carbons (Fsp3) is 0.632. The fourth-order valence-corrected chi connectivity index (χ4v) is 7.65. The number of sulfone groups is 1. The largest absolute Gasteiger partial charge is 0.352 e. The van der Waals surface area contributed by atoms with Crippen LogP contribution in [0.25, 0.3) is 10.7 Å². The summed E-state index contributed by atoms with van der Waals surface area (Å²) in [7, 11) is -1.07. The van der Waals surface area contributed by atoms with Gasteiger partial charge in [-0.25, -0.2) is 8.42 Å². The molecular weight excluding hydrogens is 428 g/mol. The minimum absolute atomic E-state index is 0.0411. The maximum Gasteiger partial charge on any atom is 0.230 e. The molecule has 1 aliphatic carbocycles. The Morgan fingerprint density at radius 3 is 2.93 bits per heavy atom. The van der Waals surface area contributed by atoms with Crippen molar-refractivity contribution in [3.05, 3.63) is 16.5 Å². The predicted octanol–water partition coefficient (Wildman–Crippen LogP) is 2.45. The lowest BCUT2D eigenvalue weighted by Crippen LogP contribution is -2.36. The van der Waals surface area contributed by atoms with E-state index in [1.165, 1.54) is 35.0 Å². The van der Waals surface area contributed by atoms with Crippen LogP contribution < -0.4 is 5.32 Å². The number of hydrogen-bond donors (Lipinski definition) is 1. The van der Waals surface area contributed by atoms with E-state index >= 15 is 0 Å². The van der Waals surface area contributed by atoms with Crippen molar-refractivity contribution in [2.75, 3.05) is 17.3 Å². The molecule has 4 rings (SSSR count). The van der Waals surface area contributed by atoms with Gasteiger partial charge in [-0.2, -0.15) is 0 Å². The first-order chi connectivity index (χ1) is 13.8. The van der Waals surface area contributed by atoms with Crippen molar-refractivity contribution in [1.82, 2.24) is 20.1 Å². The highest BCUT2D eigenvalue weighted by Gasteiger charge is 2.29. The van der Waals surface area contributed by atoms with E-state index in [0.717, 1.165) is 29.5 Å². The summed E-state index contributed by atoms with van der Waals surface area (Å²) in [6.07, 6.45) is 5.29. The molecule has 0 spiro atoms. The zero-order valence-corrected chi connectivity index (χ0v) is 19.1. The maximum atomic E-state index is 12.2. The van der Waals surface area contributed by atoms with Crippen molar-refractivity contribution in [2.24, 2.45) is 13.0 Å². The van der Waals surface area contributed by atoms with Gasteiger partial charge in [0.2, 0.25) is 5.91 Å². The van der Waals surface area contributed by atoms with Crippen molar-refractivity contribution < 1.29 is 13.2 Å². The summed E-state index contributed by atoms with van der Waals surface area (Å²) in [4.78, 5) is 14.8. The number of carbonyl (C=O) groups is 1. The average molecular weight is 455 g/mol. The second-order valence-corrected chi connectivity index (χ2v) is 12.2. The van der Waals surface area contributed by atoms with E-state index in [9.17, 15) is 13.2 Å². The number of thioether (sulfide) groups is 1. The van der Waals surface area contributed by atoms with E-state index in [2.05, 4.69) is 28.5 Å². The maximum absolute atomic E-state index is 12.2. The van der Waals surface area contributed by atoms with E-state index < -0.39 is 9.84 Å². The Morgan fingerprint density at radius 1 is 1.38 bits per heavy atom. The number of aryl methyl sites for hydroxylation is 1. The Morgan fingerprint density at radius 2 is 2.21 bits per heavy atom. The Kier molecular flexibility index (Phi) is 6.04. The Balaban J connectivity index is 1.38. The molecule has 0 saturated carbocycles. The summed E-state index contributed by atoms with van der Waals surface area (Å²) in [5, 5.41) is 12.1. The van der Waals surface area contributed by atoms with Crippen molar-refractivity contribution in [2.45, 2.75) is 50.2 Å². The average Bonchev–Trinajstić information content (AvgIpc) is 3.35. The standard InChI is InChI=1S/C19H26N4O3S3/c1-3-12-4-5-15-13(8-12)9-16(28-15)18-21-22-19(23(18)2)27-10-17(24)20-14-6-7-29(25,26)11-14/h9,12,14H,3-8,10-11H2,1-2H3,(H,20,24)/t12-,14-/m0/s1. The SMILES string of the molecule is CC[C@H]1CCc2sc(-c3nnc(SCC(=O)N[C@H]4CCS(=O)(=O)C4)n3C)cc2C1. The molecular formula is C19H26N4O3S3. The number of rotatable bonds is 6. The van der Waals surface area contributed by atoms with Gasteiger partial charge in [-0.1, -0.05) is 25.1 Å². The lowest BCUT2D eigenvalue weighted by molar-refractivity contribution is -0.119. The topological polar surface area (TPSA) is 94.0 Å². The third-order valence-electron chi connectivity index (χ3n) is 5.75.